The first kappa shape index (κ1) is 13.3. The summed E-state index contributed by atoms with van der Waals surface area (Å²) < 4.78 is 0. The lowest BCUT2D eigenvalue weighted by Crippen LogP contribution is -2.52. The molecule has 0 aromatic rings. The van der Waals surface area contributed by atoms with Gasteiger partial charge < -0.3 is 15.5 Å². The number of urea groups is 1. The average Bonchev–Trinajstić information content (AvgIpc) is 2.29. The van der Waals surface area contributed by atoms with E-state index in [4.69, 9.17) is 0 Å². The number of hydrogen-bond acceptors (Lipinski definition) is 2. The summed E-state index contributed by atoms with van der Waals surface area (Å²) in [6, 6.07) is 0.670. The first-order chi connectivity index (χ1) is 7.69. The molecule has 4 nitrogen and oxygen atoms in total. The van der Waals surface area contributed by atoms with Crippen LogP contribution in [-0.2, 0) is 0 Å². The number of amides is 2. The van der Waals surface area contributed by atoms with E-state index >= 15 is 0 Å². The summed E-state index contributed by atoms with van der Waals surface area (Å²) in [7, 11) is 0. The van der Waals surface area contributed by atoms with Gasteiger partial charge in [0, 0.05) is 25.7 Å². The van der Waals surface area contributed by atoms with Crippen molar-refractivity contribution in [1.29, 1.82) is 0 Å². The summed E-state index contributed by atoms with van der Waals surface area (Å²) >= 11 is 0. The number of piperidine rings is 1. The third-order valence-corrected chi connectivity index (χ3v) is 3.19. The minimum Gasteiger partial charge on any atom is -0.338 e. The van der Waals surface area contributed by atoms with Crippen LogP contribution in [0.1, 0.15) is 33.6 Å². The molecule has 1 aliphatic heterocycles. The van der Waals surface area contributed by atoms with Crippen LogP contribution < -0.4 is 10.6 Å². The molecular weight excluding hydrogens is 202 g/mol. The lowest BCUT2D eigenvalue weighted by molar-refractivity contribution is 0.151. The van der Waals surface area contributed by atoms with Crippen molar-refractivity contribution in [3.63, 3.8) is 0 Å². The monoisotopic (exact) mass is 227 g/mol. The molecule has 16 heavy (non-hydrogen) atoms. The summed E-state index contributed by atoms with van der Waals surface area (Å²) in [6.07, 6.45) is 2.06. The van der Waals surface area contributed by atoms with Gasteiger partial charge in [-0.2, -0.15) is 0 Å². The fourth-order valence-corrected chi connectivity index (χ4v) is 2.24. The number of carbonyl (C=O) groups excluding carboxylic acids is 1. The third-order valence-electron chi connectivity index (χ3n) is 3.19. The molecule has 1 aliphatic rings. The topological polar surface area (TPSA) is 44.4 Å². The molecule has 1 fully saturated rings. The van der Waals surface area contributed by atoms with Crippen LogP contribution in [0, 0.1) is 5.92 Å². The molecule has 2 amide bonds. The maximum Gasteiger partial charge on any atom is 0.317 e. The number of nitrogens with one attached hydrogen (secondary N) is 2. The van der Waals surface area contributed by atoms with Crippen molar-refractivity contribution >= 4 is 6.03 Å². The van der Waals surface area contributed by atoms with Crippen LogP contribution in [0.2, 0.25) is 0 Å². The molecule has 2 N–H and O–H groups in total. The summed E-state index contributed by atoms with van der Waals surface area (Å²) in [4.78, 5) is 13.7. The first-order valence-electron chi connectivity index (χ1n) is 6.45. The van der Waals surface area contributed by atoms with Gasteiger partial charge in [-0.1, -0.05) is 20.8 Å². The summed E-state index contributed by atoms with van der Waals surface area (Å²) in [5.74, 6) is 0.543. The average molecular weight is 227 g/mol. The molecule has 1 saturated heterocycles. The lowest BCUT2D eigenvalue weighted by atomic mass is 9.94. The predicted octanol–water partition coefficient (Wildman–Crippen LogP) is 1.43. The van der Waals surface area contributed by atoms with Gasteiger partial charge in [-0.3, -0.25) is 0 Å². The molecule has 1 rings (SSSR count). The highest BCUT2D eigenvalue weighted by atomic mass is 16.2. The van der Waals surface area contributed by atoms with Crippen LogP contribution in [0.15, 0.2) is 0 Å². The number of hydrogen-bond donors (Lipinski definition) is 2. The van der Waals surface area contributed by atoms with E-state index in [9.17, 15) is 4.79 Å². The molecule has 2 unspecified atom stereocenters. The van der Waals surface area contributed by atoms with Crippen molar-refractivity contribution in [1.82, 2.24) is 15.5 Å². The Kier molecular flexibility index (Phi) is 5.60. The Bertz CT molecular complexity index is 220. The highest BCUT2D eigenvalue weighted by molar-refractivity contribution is 5.74. The second kappa shape index (κ2) is 6.74. The molecule has 1 heterocycles. The van der Waals surface area contributed by atoms with Gasteiger partial charge in [0.05, 0.1) is 0 Å². The maximum atomic E-state index is 11.8. The Morgan fingerprint density at radius 3 is 2.75 bits per heavy atom. The first-order valence-corrected chi connectivity index (χ1v) is 6.45. The normalized spacial score (nSPS) is 25.6. The van der Waals surface area contributed by atoms with Gasteiger partial charge in [0.1, 0.15) is 0 Å². The largest absolute Gasteiger partial charge is 0.338 e. The Hall–Kier alpha value is -0.770. The van der Waals surface area contributed by atoms with Crippen molar-refractivity contribution in [2.24, 2.45) is 5.92 Å². The maximum absolute atomic E-state index is 11.8. The lowest BCUT2D eigenvalue weighted by Gasteiger charge is -2.37. The smallest absolute Gasteiger partial charge is 0.317 e. The molecule has 2 atom stereocenters. The molecule has 4 heteroatoms. The second-order valence-corrected chi connectivity index (χ2v) is 4.61. The zero-order chi connectivity index (χ0) is 12.0. The van der Waals surface area contributed by atoms with Crippen molar-refractivity contribution in [3.05, 3.63) is 0 Å². The molecule has 0 radical (unpaired) electrons. The predicted molar refractivity (Wildman–Crippen MR) is 66.5 cm³/mol. The van der Waals surface area contributed by atoms with E-state index in [0.29, 0.717) is 12.0 Å². The number of carbonyl (C=O) groups is 1. The molecule has 0 bridgehead atoms. The summed E-state index contributed by atoms with van der Waals surface area (Å²) in [5.41, 5.74) is 0. The Labute approximate surface area is 98.8 Å². The zero-order valence-corrected chi connectivity index (χ0v) is 10.8. The molecule has 0 aromatic heterocycles. The minimum absolute atomic E-state index is 0.101. The molecule has 0 aromatic carbocycles. The van der Waals surface area contributed by atoms with Crippen LogP contribution in [0.4, 0.5) is 4.79 Å². The van der Waals surface area contributed by atoms with Crippen molar-refractivity contribution in [2.45, 2.75) is 39.7 Å². The van der Waals surface area contributed by atoms with Crippen molar-refractivity contribution in [3.8, 4) is 0 Å². The van der Waals surface area contributed by atoms with E-state index in [-0.39, 0.29) is 6.03 Å². The Morgan fingerprint density at radius 1 is 1.44 bits per heavy atom. The summed E-state index contributed by atoms with van der Waals surface area (Å²) in [5, 5.41) is 6.41. The van der Waals surface area contributed by atoms with Crippen LogP contribution in [0.3, 0.4) is 0 Å². The molecular formula is C12H25N3O. The van der Waals surface area contributed by atoms with Gasteiger partial charge >= 0.3 is 6.03 Å². The second-order valence-electron chi connectivity index (χ2n) is 4.61. The SMILES string of the molecule is CCCNC(=O)N1CCC(NCC)C(C)C1. The van der Waals surface area contributed by atoms with Crippen molar-refractivity contribution in [2.75, 3.05) is 26.2 Å². The van der Waals surface area contributed by atoms with Gasteiger partial charge in [-0.25, -0.2) is 4.79 Å². The highest BCUT2D eigenvalue weighted by Gasteiger charge is 2.27. The highest BCUT2D eigenvalue weighted by Crippen LogP contribution is 2.16. The molecule has 0 spiro atoms. The van der Waals surface area contributed by atoms with E-state index in [1.165, 1.54) is 0 Å². The van der Waals surface area contributed by atoms with E-state index in [1.807, 2.05) is 4.90 Å². The number of likely N-dealkylation sites (tertiary alicyclic amines) is 1. The Morgan fingerprint density at radius 2 is 2.19 bits per heavy atom. The summed E-state index contributed by atoms with van der Waals surface area (Å²) in [6.45, 7) is 9.95. The zero-order valence-electron chi connectivity index (χ0n) is 10.8. The van der Waals surface area contributed by atoms with Gasteiger partial charge in [-0.15, -0.1) is 0 Å². The molecule has 0 saturated carbocycles. The van der Waals surface area contributed by atoms with E-state index in [1.54, 1.807) is 0 Å². The molecule has 94 valence electrons. The standard InChI is InChI=1S/C12H25N3O/c1-4-7-14-12(16)15-8-6-11(13-5-2)10(3)9-15/h10-11,13H,4-9H2,1-3H3,(H,14,16). The van der Waals surface area contributed by atoms with Gasteiger partial charge in [0.2, 0.25) is 0 Å². The molecule has 0 aliphatic carbocycles. The van der Waals surface area contributed by atoms with E-state index in [0.717, 1.165) is 39.0 Å². The van der Waals surface area contributed by atoms with Crippen LogP contribution in [0.5, 0.6) is 0 Å². The van der Waals surface area contributed by atoms with E-state index in [2.05, 4.69) is 31.4 Å². The number of rotatable bonds is 4. The quantitative estimate of drug-likeness (QED) is 0.763. The number of nitrogens with zero attached hydrogens (tertiary/aromatic N) is 1. The van der Waals surface area contributed by atoms with Crippen LogP contribution in [0.25, 0.3) is 0 Å². The van der Waals surface area contributed by atoms with Gasteiger partial charge in [0.25, 0.3) is 0 Å². The van der Waals surface area contributed by atoms with Crippen molar-refractivity contribution < 1.29 is 4.79 Å². The Balaban J connectivity index is 2.35. The third kappa shape index (κ3) is 3.67. The minimum atomic E-state index is 0.101. The fraction of sp³-hybridized carbons (Fsp3) is 0.917. The fourth-order valence-electron chi connectivity index (χ4n) is 2.24. The van der Waals surface area contributed by atoms with Gasteiger partial charge in [-0.05, 0) is 25.3 Å². The van der Waals surface area contributed by atoms with E-state index < -0.39 is 0 Å². The van der Waals surface area contributed by atoms with Crippen LogP contribution in [-0.4, -0.2) is 43.2 Å². The van der Waals surface area contributed by atoms with Gasteiger partial charge in [0.15, 0.2) is 0 Å². The van der Waals surface area contributed by atoms with Crippen LogP contribution >= 0.6 is 0 Å².